The number of aromatic nitrogens is 2. The van der Waals surface area contributed by atoms with Crippen molar-refractivity contribution in [3.8, 4) is 11.4 Å². The third-order valence-corrected chi connectivity index (χ3v) is 5.12. The molecule has 1 aromatic carbocycles. The molecule has 0 aliphatic carbocycles. The topological polar surface area (TPSA) is 27.5 Å². The number of hydrogen-bond acceptors (Lipinski definition) is 4. The molecule has 104 valence electrons. The lowest BCUT2D eigenvalue weighted by molar-refractivity contribution is 0.632. The number of nitrogens with zero attached hydrogens (tertiary/aromatic N) is 5. The van der Waals surface area contributed by atoms with Crippen molar-refractivity contribution in [2.45, 2.75) is 13.6 Å². The van der Waals surface area contributed by atoms with E-state index < -0.39 is 0 Å². The molecule has 1 fully saturated rings. The molecule has 0 unspecified atom stereocenters. The van der Waals surface area contributed by atoms with Crippen LogP contribution in [0, 0.1) is 0 Å². The highest BCUT2D eigenvalue weighted by Crippen LogP contribution is 2.38. The normalized spacial score (nSPS) is 18.7. The molecule has 2 aromatic rings. The van der Waals surface area contributed by atoms with Crippen LogP contribution in [0.2, 0.25) is 13.6 Å². The molecule has 3 heterocycles. The second kappa shape index (κ2) is 4.42. The van der Waals surface area contributed by atoms with Gasteiger partial charge in [0.2, 0.25) is 0 Å². The van der Waals surface area contributed by atoms with E-state index in [4.69, 9.17) is 0 Å². The molecule has 0 saturated carbocycles. The predicted octanol–water partition coefficient (Wildman–Crippen LogP) is 1.32. The van der Waals surface area contributed by atoms with Crippen molar-refractivity contribution in [1.29, 1.82) is 0 Å². The fourth-order valence-electron chi connectivity index (χ4n) is 3.63. The third-order valence-electron chi connectivity index (χ3n) is 5.12. The van der Waals surface area contributed by atoms with Crippen LogP contribution in [0.25, 0.3) is 11.4 Å². The van der Waals surface area contributed by atoms with Crippen molar-refractivity contribution < 1.29 is 0 Å². The number of rotatable bonds is 0. The van der Waals surface area contributed by atoms with E-state index in [2.05, 4.69) is 81.8 Å². The minimum absolute atomic E-state index is 0.179. The summed E-state index contributed by atoms with van der Waals surface area (Å²) in [7, 11) is 4.55. The maximum atomic E-state index is 4.59. The Kier molecular flexibility index (Phi) is 2.74. The monoisotopic (exact) mass is 277 g/mol. The van der Waals surface area contributed by atoms with Crippen LogP contribution >= 0.6 is 0 Å². The van der Waals surface area contributed by atoms with Gasteiger partial charge in [-0.15, -0.1) is 0 Å². The number of para-hydroxylation sites is 1. The number of anilines is 1. The van der Waals surface area contributed by atoms with Crippen LogP contribution in [0.15, 0.2) is 36.7 Å². The number of hydrogen-bond donors (Lipinski definition) is 0. The highest BCUT2D eigenvalue weighted by Gasteiger charge is 2.50. The van der Waals surface area contributed by atoms with Gasteiger partial charge < -0.3 is 18.6 Å². The lowest BCUT2D eigenvalue weighted by atomic mass is 9.48. The molecule has 2 aliphatic heterocycles. The van der Waals surface area contributed by atoms with Gasteiger partial charge in [0, 0.05) is 23.6 Å². The Labute approximate surface area is 126 Å². The van der Waals surface area contributed by atoms with E-state index in [1.165, 1.54) is 11.3 Å². The molecule has 0 radical (unpaired) electrons. The van der Waals surface area contributed by atoms with Gasteiger partial charge in [-0.1, -0.05) is 25.8 Å². The van der Waals surface area contributed by atoms with Crippen LogP contribution < -0.4 is 4.72 Å². The van der Waals surface area contributed by atoms with Crippen molar-refractivity contribution in [1.82, 2.24) is 18.9 Å². The highest BCUT2D eigenvalue weighted by atomic mass is 15.4. The number of fused-ring (bicyclic) bond motifs is 6. The van der Waals surface area contributed by atoms with Crippen LogP contribution in [0.1, 0.15) is 0 Å². The molecule has 0 spiro atoms. The zero-order valence-corrected chi connectivity index (χ0v) is 12.9. The Morgan fingerprint density at radius 1 is 1.00 bits per heavy atom. The minimum atomic E-state index is 0.179. The average Bonchev–Trinajstić information content (AvgIpc) is 2.99. The lowest BCUT2D eigenvalue weighted by Gasteiger charge is -2.53. The van der Waals surface area contributed by atoms with Gasteiger partial charge in [-0.2, -0.15) is 0 Å². The van der Waals surface area contributed by atoms with Gasteiger partial charge in [-0.05, 0) is 26.2 Å². The van der Waals surface area contributed by atoms with E-state index in [1.807, 2.05) is 6.20 Å². The van der Waals surface area contributed by atoms with Gasteiger partial charge in [-0.25, -0.2) is 4.98 Å². The SMILES string of the molecule is CB1N(C)B(C)N2B(N1C)n1ccnc1-c1ccccc12. The first-order chi connectivity index (χ1) is 10.1. The minimum Gasteiger partial charge on any atom is -0.414 e. The Morgan fingerprint density at radius 3 is 2.57 bits per heavy atom. The number of benzene rings is 1. The van der Waals surface area contributed by atoms with E-state index in [0.717, 1.165) is 5.82 Å². The zero-order valence-electron chi connectivity index (χ0n) is 12.9. The molecule has 21 heavy (non-hydrogen) atoms. The van der Waals surface area contributed by atoms with E-state index in [1.54, 1.807) is 0 Å². The Hall–Kier alpha value is -1.66. The summed E-state index contributed by atoms with van der Waals surface area (Å²) in [6.45, 7) is 5.24. The van der Waals surface area contributed by atoms with Gasteiger partial charge in [0.25, 0.3) is 6.98 Å². The summed E-state index contributed by atoms with van der Waals surface area (Å²) in [6, 6.07) is 8.56. The highest BCUT2D eigenvalue weighted by molar-refractivity contribution is 6.92. The number of imidazole rings is 1. The summed E-state index contributed by atoms with van der Waals surface area (Å²) in [6.07, 6.45) is 3.99. The van der Waals surface area contributed by atoms with E-state index in [9.17, 15) is 0 Å². The van der Waals surface area contributed by atoms with E-state index in [-0.39, 0.29) is 7.12 Å². The van der Waals surface area contributed by atoms with Crippen LogP contribution in [-0.2, 0) is 0 Å². The molecule has 5 nitrogen and oxygen atoms in total. The molecule has 2 aliphatic rings. The molecule has 0 amide bonds. The lowest BCUT2D eigenvalue weighted by Crippen LogP contribution is -2.77. The summed E-state index contributed by atoms with van der Waals surface area (Å²) >= 11 is 0. The molecule has 0 bridgehead atoms. The summed E-state index contributed by atoms with van der Waals surface area (Å²) in [5.74, 6) is 1.06. The molecule has 4 rings (SSSR count). The quantitative estimate of drug-likeness (QED) is 0.679. The van der Waals surface area contributed by atoms with Crippen molar-refractivity contribution in [3.63, 3.8) is 0 Å². The molecule has 1 aromatic heterocycles. The molecule has 8 heteroatoms. The smallest absolute Gasteiger partial charge is 0.414 e. The van der Waals surface area contributed by atoms with E-state index in [0.29, 0.717) is 14.0 Å². The van der Waals surface area contributed by atoms with E-state index >= 15 is 0 Å². The second-order valence-corrected chi connectivity index (χ2v) is 6.02. The van der Waals surface area contributed by atoms with Crippen molar-refractivity contribution >= 4 is 26.8 Å². The average molecular weight is 277 g/mol. The molecule has 0 N–H and O–H groups in total. The van der Waals surface area contributed by atoms with Gasteiger partial charge in [0.05, 0.1) is 0 Å². The largest absolute Gasteiger partial charge is 0.453 e. The first kappa shape index (κ1) is 13.0. The Bertz CT molecular complexity index is 690. The van der Waals surface area contributed by atoms with Gasteiger partial charge in [0.15, 0.2) is 0 Å². The van der Waals surface area contributed by atoms with Crippen molar-refractivity contribution in [3.05, 3.63) is 36.7 Å². The summed E-state index contributed by atoms with van der Waals surface area (Å²) < 4.78 is 9.54. The first-order valence-corrected chi connectivity index (χ1v) is 7.45. The summed E-state index contributed by atoms with van der Waals surface area (Å²) in [5, 5.41) is 0. The fraction of sp³-hybridized carbons (Fsp3) is 0.308. The van der Waals surface area contributed by atoms with Gasteiger partial charge >= 0.3 is 14.1 Å². The van der Waals surface area contributed by atoms with Crippen molar-refractivity contribution in [2.75, 3.05) is 18.8 Å². The second-order valence-electron chi connectivity index (χ2n) is 6.02. The summed E-state index contributed by atoms with van der Waals surface area (Å²) in [4.78, 5) is 4.59. The van der Waals surface area contributed by atoms with Crippen LogP contribution in [0.4, 0.5) is 5.69 Å². The predicted molar refractivity (Wildman–Crippen MR) is 90.1 cm³/mol. The van der Waals surface area contributed by atoms with Crippen molar-refractivity contribution in [2.24, 2.45) is 0 Å². The van der Waals surface area contributed by atoms with Gasteiger partial charge in [0.1, 0.15) is 5.82 Å². The van der Waals surface area contributed by atoms with Crippen LogP contribution in [0.5, 0.6) is 0 Å². The molecule has 1 saturated heterocycles. The zero-order chi connectivity index (χ0) is 14.7. The van der Waals surface area contributed by atoms with Crippen LogP contribution in [0.3, 0.4) is 0 Å². The molecular weight excluding hydrogens is 259 g/mol. The maximum Gasteiger partial charge on any atom is 0.453 e. The maximum absolute atomic E-state index is 4.59. The fourth-order valence-corrected chi connectivity index (χ4v) is 3.63. The summed E-state index contributed by atoms with van der Waals surface area (Å²) in [5.41, 5.74) is 2.47. The standard InChI is InChI=1S/C13H18B3N5/c1-14-18(3)15(2)21-12-8-6-5-7-11(12)13-17-9-10-20(13)16(21)19(14)4/h5-10H,1-4H3. The third kappa shape index (κ3) is 1.60. The molecule has 0 atom stereocenters. The molecular formula is C13H18B3N5. The first-order valence-electron chi connectivity index (χ1n) is 7.45. The van der Waals surface area contributed by atoms with Crippen LogP contribution in [-0.4, -0.2) is 54.1 Å². The van der Waals surface area contributed by atoms with Gasteiger partial charge in [-0.3, -0.25) is 0 Å². The Balaban J connectivity index is 1.97. The Morgan fingerprint density at radius 2 is 1.76 bits per heavy atom.